The van der Waals surface area contributed by atoms with Crippen LogP contribution in [0.25, 0.3) is 0 Å². The van der Waals surface area contributed by atoms with Crippen molar-refractivity contribution < 1.29 is 0 Å². The first-order valence-corrected chi connectivity index (χ1v) is 13.3. The minimum atomic E-state index is 0.738. The first kappa shape index (κ1) is 25.1. The average molecular weight is 401 g/mol. The Morgan fingerprint density at radius 3 is 1.52 bits per heavy atom. The number of rotatable bonds is 9. The molecule has 0 aromatic rings. The molecule has 0 bridgehead atoms. The highest BCUT2D eigenvalue weighted by molar-refractivity contribution is 6.66. The molecule has 2 fully saturated rings. The van der Waals surface area contributed by atoms with Gasteiger partial charge in [0, 0.05) is 0 Å². The van der Waals surface area contributed by atoms with Crippen LogP contribution < -0.4 is 0 Å². The van der Waals surface area contributed by atoms with Crippen molar-refractivity contribution in [3.05, 3.63) is 12.1 Å². The summed E-state index contributed by atoms with van der Waals surface area (Å²) in [6, 6.07) is 0. The molecule has 1 heteroatoms. The Morgan fingerprint density at radius 1 is 0.759 bits per heavy atom. The summed E-state index contributed by atoms with van der Waals surface area (Å²) in [6.45, 7) is 25.1. The number of allylic oxidation sites excluding steroid dienone is 1. The third-order valence-corrected chi connectivity index (χ3v) is 8.74. The topological polar surface area (TPSA) is 0 Å². The quantitative estimate of drug-likeness (QED) is 0.339. The summed E-state index contributed by atoms with van der Waals surface area (Å²) in [5, 5.41) is 0. The van der Waals surface area contributed by atoms with Crippen LogP contribution in [-0.2, 0) is 0 Å². The Bertz CT molecular complexity index is 457. The van der Waals surface area contributed by atoms with Gasteiger partial charge in [0.15, 0.2) is 6.71 Å². The Balaban J connectivity index is 2.18. The van der Waals surface area contributed by atoms with E-state index in [2.05, 4.69) is 55.4 Å². The molecular weight excluding hydrogens is 347 g/mol. The fraction of sp³-hybridized carbons (Fsp3) is 0.929. The van der Waals surface area contributed by atoms with Crippen LogP contribution in [0.4, 0.5) is 0 Å². The molecule has 0 N–H and O–H groups in total. The summed E-state index contributed by atoms with van der Waals surface area (Å²) in [5.41, 5.74) is 1.58. The fourth-order valence-corrected chi connectivity index (χ4v) is 7.19. The molecule has 2 aliphatic rings. The summed E-state index contributed by atoms with van der Waals surface area (Å²) in [5.74, 6) is 7.98. The molecule has 0 amide bonds. The molecule has 0 aromatic heterocycles. The fourth-order valence-electron chi connectivity index (χ4n) is 7.19. The molecule has 2 rings (SSSR count). The van der Waals surface area contributed by atoms with Gasteiger partial charge in [-0.1, -0.05) is 80.9 Å². The zero-order valence-electron chi connectivity index (χ0n) is 21.3. The standard InChI is InChI=1S/C28H53B/c1-19(2)14-24(9)29(17-25-15-22(7)10-12-27(25)20(3)4)18-26-16-23(8)11-13-28(26)21(5)6/h19-23,25-28H,9-18H2,1-8H3/t22-,23-,25-,26-,27+,28+/m1/s1. The van der Waals surface area contributed by atoms with Crippen LogP contribution in [-0.4, -0.2) is 6.71 Å². The van der Waals surface area contributed by atoms with Gasteiger partial charge in [0.05, 0.1) is 0 Å². The van der Waals surface area contributed by atoms with Crippen molar-refractivity contribution in [3.63, 3.8) is 0 Å². The van der Waals surface area contributed by atoms with Gasteiger partial charge in [0.25, 0.3) is 0 Å². The van der Waals surface area contributed by atoms with Crippen molar-refractivity contribution in [3.8, 4) is 0 Å². The second-order valence-electron chi connectivity index (χ2n) is 12.6. The van der Waals surface area contributed by atoms with Crippen molar-refractivity contribution >= 4 is 6.71 Å². The van der Waals surface area contributed by atoms with Crippen molar-refractivity contribution in [2.75, 3.05) is 0 Å². The lowest BCUT2D eigenvalue weighted by Gasteiger charge is -2.42. The van der Waals surface area contributed by atoms with E-state index in [1.54, 1.807) is 5.47 Å². The largest absolute Gasteiger partial charge is 0.170 e. The molecule has 29 heavy (non-hydrogen) atoms. The monoisotopic (exact) mass is 400 g/mol. The summed E-state index contributed by atoms with van der Waals surface area (Å²) in [6.07, 6.45) is 12.8. The zero-order chi connectivity index (χ0) is 21.7. The molecule has 0 saturated heterocycles. The highest BCUT2D eigenvalue weighted by Crippen LogP contribution is 2.45. The number of hydrogen-bond acceptors (Lipinski definition) is 0. The summed E-state index contributed by atoms with van der Waals surface area (Å²) >= 11 is 0. The van der Waals surface area contributed by atoms with Crippen LogP contribution in [0.3, 0.4) is 0 Å². The van der Waals surface area contributed by atoms with E-state index in [1.807, 2.05) is 0 Å². The predicted molar refractivity (Wildman–Crippen MR) is 134 cm³/mol. The molecule has 6 atom stereocenters. The first-order chi connectivity index (χ1) is 13.6. The Hall–Kier alpha value is -0.195. The Labute approximate surface area is 185 Å². The van der Waals surface area contributed by atoms with Crippen molar-refractivity contribution in [2.45, 2.75) is 113 Å². The minimum Gasteiger partial charge on any atom is -0.108 e. The SMILES string of the molecule is C=C(CC(C)C)B(C[C@H]1C[C@H](C)CC[C@H]1C(C)C)C[C@H]1C[C@H](C)CC[C@H]1C(C)C. The van der Waals surface area contributed by atoms with Gasteiger partial charge in [-0.3, -0.25) is 0 Å². The molecule has 0 heterocycles. The molecule has 0 unspecified atom stereocenters. The smallest absolute Gasteiger partial charge is 0.108 e. The zero-order valence-corrected chi connectivity index (χ0v) is 21.3. The molecule has 0 nitrogen and oxygen atoms in total. The van der Waals surface area contributed by atoms with Gasteiger partial charge < -0.3 is 0 Å². The molecule has 0 aliphatic heterocycles. The second-order valence-corrected chi connectivity index (χ2v) is 12.6. The van der Waals surface area contributed by atoms with Crippen molar-refractivity contribution in [1.82, 2.24) is 0 Å². The lowest BCUT2D eigenvalue weighted by atomic mass is 9.34. The van der Waals surface area contributed by atoms with E-state index < -0.39 is 0 Å². The first-order valence-electron chi connectivity index (χ1n) is 13.3. The van der Waals surface area contributed by atoms with Crippen LogP contribution in [0.15, 0.2) is 12.1 Å². The third-order valence-electron chi connectivity index (χ3n) is 8.74. The lowest BCUT2D eigenvalue weighted by molar-refractivity contribution is 0.151. The number of hydrogen-bond donors (Lipinski definition) is 0. The molecule has 2 saturated carbocycles. The van der Waals surface area contributed by atoms with Crippen LogP contribution >= 0.6 is 0 Å². The predicted octanol–water partition coefficient (Wildman–Crippen LogP) is 9.04. The Kier molecular flexibility index (Phi) is 9.88. The van der Waals surface area contributed by atoms with Gasteiger partial charge in [-0.15, -0.1) is 12.1 Å². The minimum absolute atomic E-state index is 0.738. The molecule has 0 aromatic carbocycles. The van der Waals surface area contributed by atoms with Gasteiger partial charge in [-0.2, -0.15) is 0 Å². The van der Waals surface area contributed by atoms with Gasteiger partial charge in [0.2, 0.25) is 0 Å². The lowest BCUT2D eigenvalue weighted by Crippen LogP contribution is -2.36. The van der Waals surface area contributed by atoms with Gasteiger partial charge in [0.1, 0.15) is 0 Å². The van der Waals surface area contributed by atoms with E-state index in [-0.39, 0.29) is 0 Å². The van der Waals surface area contributed by atoms with E-state index in [0.29, 0.717) is 0 Å². The highest BCUT2D eigenvalue weighted by atomic mass is 14.4. The normalized spacial score (nSPS) is 33.5. The molecular formula is C28H53B. The van der Waals surface area contributed by atoms with Gasteiger partial charge in [-0.05, 0) is 85.4 Å². The molecule has 0 radical (unpaired) electrons. The van der Waals surface area contributed by atoms with Gasteiger partial charge >= 0.3 is 0 Å². The van der Waals surface area contributed by atoms with Crippen molar-refractivity contribution in [2.24, 2.45) is 53.3 Å². The van der Waals surface area contributed by atoms with Crippen LogP contribution in [0.5, 0.6) is 0 Å². The summed E-state index contributed by atoms with van der Waals surface area (Å²) in [7, 11) is 0. The Morgan fingerprint density at radius 2 is 1.17 bits per heavy atom. The highest BCUT2D eigenvalue weighted by Gasteiger charge is 2.37. The molecule has 0 spiro atoms. The summed E-state index contributed by atoms with van der Waals surface area (Å²) < 4.78 is 0. The van der Waals surface area contributed by atoms with E-state index in [1.165, 1.54) is 57.6 Å². The van der Waals surface area contributed by atoms with E-state index in [9.17, 15) is 0 Å². The molecule has 168 valence electrons. The molecule has 2 aliphatic carbocycles. The second kappa shape index (κ2) is 11.4. The maximum atomic E-state index is 4.70. The van der Waals surface area contributed by atoms with Gasteiger partial charge in [-0.25, -0.2) is 0 Å². The average Bonchev–Trinajstić information content (AvgIpc) is 2.60. The van der Waals surface area contributed by atoms with Crippen LogP contribution in [0.2, 0.25) is 12.6 Å². The third kappa shape index (κ3) is 7.46. The van der Waals surface area contributed by atoms with Crippen LogP contribution in [0.1, 0.15) is 100 Å². The maximum Gasteiger partial charge on any atom is 0.170 e. The maximum absolute atomic E-state index is 4.70. The van der Waals surface area contributed by atoms with Crippen LogP contribution in [0, 0.1) is 53.3 Å². The van der Waals surface area contributed by atoms with Crippen molar-refractivity contribution in [1.29, 1.82) is 0 Å². The van der Waals surface area contributed by atoms with E-state index in [0.717, 1.165) is 60.0 Å². The van der Waals surface area contributed by atoms with E-state index in [4.69, 9.17) is 6.58 Å². The summed E-state index contributed by atoms with van der Waals surface area (Å²) in [4.78, 5) is 0. The van der Waals surface area contributed by atoms with E-state index >= 15 is 0 Å².